The number of rotatable bonds is 3. The summed E-state index contributed by atoms with van der Waals surface area (Å²) in [6, 6.07) is 12.0. The van der Waals surface area contributed by atoms with Crippen molar-refractivity contribution in [3.8, 4) is 0 Å². The van der Waals surface area contributed by atoms with Crippen LogP contribution < -0.4 is 4.90 Å². The Hall–Kier alpha value is -2.64. The lowest BCUT2D eigenvalue weighted by Crippen LogP contribution is -2.62. The molecule has 0 bridgehead atoms. The second-order valence-corrected chi connectivity index (χ2v) is 8.62. The summed E-state index contributed by atoms with van der Waals surface area (Å²) in [6.45, 7) is 1.78. The molecule has 2 aliphatic rings. The number of carbonyl (C=O) groups excluding carboxylic acids is 2. The van der Waals surface area contributed by atoms with Crippen molar-refractivity contribution in [3.05, 3.63) is 76.8 Å². The molecule has 2 aromatic carbocycles. The molecule has 4 nitrogen and oxygen atoms in total. The van der Waals surface area contributed by atoms with Gasteiger partial charge in [-0.15, -0.1) is 0 Å². The molecule has 1 amide bonds. The van der Waals surface area contributed by atoms with Crippen molar-refractivity contribution in [1.29, 1.82) is 0 Å². The minimum absolute atomic E-state index is 0.00000819. The number of para-hydroxylation sites is 1. The molecule has 168 valence electrons. The minimum atomic E-state index is -4.51. The minimum Gasteiger partial charge on any atom is -0.351 e. The van der Waals surface area contributed by atoms with E-state index in [1.807, 2.05) is 6.07 Å². The van der Waals surface area contributed by atoms with Crippen LogP contribution in [0.5, 0.6) is 0 Å². The van der Waals surface area contributed by atoms with Crippen molar-refractivity contribution in [2.45, 2.75) is 31.7 Å². The Bertz CT molecular complexity index is 1070. The van der Waals surface area contributed by atoms with Gasteiger partial charge in [0.05, 0.1) is 18.1 Å². The Morgan fingerprint density at radius 2 is 1.88 bits per heavy atom. The van der Waals surface area contributed by atoms with Gasteiger partial charge in [-0.3, -0.25) is 14.5 Å². The molecule has 3 atom stereocenters. The number of benzene rings is 2. The molecule has 0 N–H and O–H groups in total. The van der Waals surface area contributed by atoms with Crippen LogP contribution in [0.25, 0.3) is 0 Å². The van der Waals surface area contributed by atoms with Crippen LogP contribution in [0.4, 0.5) is 18.9 Å². The first-order valence-electron chi connectivity index (χ1n) is 10.2. The SMILES string of the molecule is CC1CC2(C=CC1=O)OCC(Cc1cc(C(F)(F)F)ccc1Cl)C(=O)N2c1ccccc1. The zero-order valence-electron chi connectivity index (χ0n) is 17.2. The van der Waals surface area contributed by atoms with Gasteiger partial charge in [-0.05, 0) is 54.5 Å². The molecule has 0 aromatic heterocycles. The summed E-state index contributed by atoms with van der Waals surface area (Å²) in [7, 11) is 0. The summed E-state index contributed by atoms with van der Waals surface area (Å²) >= 11 is 6.16. The molecule has 0 radical (unpaired) electrons. The third-order valence-electron chi connectivity index (χ3n) is 5.93. The zero-order valence-corrected chi connectivity index (χ0v) is 18.0. The number of halogens is 4. The van der Waals surface area contributed by atoms with Crippen LogP contribution in [0.1, 0.15) is 24.5 Å². The molecule has 1 aliphatic carbocycles. The Kier molecular flexibility index (Phi) is 5.90. The number of hydrogen-bond acceptors (Lipinski definition) is 3. The maximum atomic E-state index is 13.6. The van der Waals surface area contributed by atoms with Crippen LogP contribution in [0.15, 0.2) is 60.7 Å². The molecule has 3 unspecified atom stereocenters. The number of nitrogens with zero attached hydrogens (tertiary/aromatic N) is 1. The van der Waals surface area contributed by atoms with Crippen molar-refractivity contribution in [1.82, 2.24) is 0 Å². The number of hydrogen-bond donors (Lipinski definition) is 0. The van der Waals surface area contributed by atoms with Gasteiger partial charge >= 0.3 is 6.18 Å². The Morgan fingerprint density at radius 1 is 1.16 bits per heavy atom. The van der Waals surface area contributed by atoms with Crippen LogP contribution in [0, 0.1) is 11.8 Å². The largest absolute Gasteiger partial charge is 0.416 e. The fraction of sp³-hybridized carbons (Fsp3) is 0.333. The first-order valence-corrected chi connectivity index (χ1v) is 10.6. The Labute approximate surface area is 188 Å². The molecule has 1 aliphatic heterocycles. The van der Waals surface area contributed by atoms with Crippen molar-refractivity contribution < 1.29 is 27.5 Å². The second kappa shape index (κ2) is 8.37. The third kappa shape index (κ3) is 4.19. The molecule has 4 rings (SSSR count). The van der Waals surface area contributed by atoms with Crippen LogP contribution in [-0.4, -0.2) is 24.0 Å². The molecule has 2 aromatic rings. The van der Waals surface area contributed by atoms with E-state index < -0.39 is 23.4 Å². The standard InChI is InChI=1S/C24H21ClF3NO3/c1-15-13-23(10-9-21(15)30)29(19-5-3-2-4-6-19)22(31)17(14-32-23)11-16-12-18(24(26,27)28)7-8-20(16)25/h2-10,12,15,17H,11,13-14H2,1H3. The van der Waals surface area contributed by atoms with Crippen molar-refractivity contribution in [2.24, 2.45) is 11.8 Å². The summed E-state index contributed by atoms with van der Waals surface area (Å²) in [5.41, 5.74) is -1.13. The number of allylic oxidation sites excluding steroid dienone is 1. The molecule has 1 spiro atoms. The molecule has 0 saturated carbocycles. The molecule has 1 heterocycles. The van der Waals surface area contributed by atoms with E-state index >= 15 is 0 Å². The Morgan fingerprint density at radius 3 is 2.53 bits per heavy atom. The monoisotopic (exact) mass is 463 g/mol. The molecule has 1 fully saturated rings. The van der Waals surface area contributed by atoms with E-state index in [1.54, 1.807) is 37.3 Å². The highest BCUT2D eigenvalue weighted by molar-refractivity contribution is 6.31. The van der Waals surface area contributed by atoms with Crippen LogP contribution in [0.2, 0.25) is 5.02 Å². The highest BCUT2D eigenvalue weighted by Gasteiger charge is 2.49. The molecular weight excluding hydrogens is 443 g/mol. The van der Waals surface area contributed by atoms with Gasteiger partial charge in [-0.2, -0.15) is 13.2 Å². The van der Waals surface area contributed by atoms with E-state index in [2.05, 4.69) is 0 Å². The number of anilines is 1. The van der Waals surface area contributed by atoms with E-state index in [0.717, 1.165) is 12.1 Å². The lowest BCUT2D eigenvalue weighted by molar-refractivity contribution is -0.146. The summed E-state index contributed by atoms with van der Waals surface area (Å²) in [5, 5.41) is 0.161. The summed E-state index contributed by atoms with van der Waals surface area (Å²) in [6.07, 6.45) is -1.18. The lowest BCUT2D eigenvalue weighted by atomic mass is 9.84. The number of ketones is 1. The fourth-order valence-corrected chi connectivity index (χ4v) is 4.44. The second-order valence-electron chi connectivity index (χ2n) is 8.21. The highest BCUT2D eigenvalue weighted by atomic mass is 35.5. The maximum Gasteiger partial charge on any atom is 0.416 e. The smallest absolute Gasteiger partial charge is 0.351 e. The van der Waals surface area contributed by atoms with Crippen molar-refractivity contribution >= 4 is 29.0 Å². The topological polar surface area (TPSA) is 46.6 Å². The average molecular weight is 464 g/mol. The summed E-state index contributed by atoms with van der Waals surface area (Å²) in [5.74, 6) is -1.41. The van der Waals surface area contributed by atoms with Gasteiger partial charge in [0.15, 0.2) is 11.5 Å². The summed E-state index contributed by atoms with van der Waals surface area (Å²) in [4.78, 5) is 27.2. The van der Waals surface area contributed by atoms with Crippen molar-refractivity contribution in [3.63, 3.8) is 0 Å². The van der Waals surface area contributed by atoms with Crippen LogP contribution in [0.3, 0.4) is 0 Å². The maximum absolute atomic E-state index is 13.6. The van der Waals surface area contributed by atoms with E-state index in [4.69, 9.17) is 16.3 Å². The highest BCUT2D eigenvalue weighted by Crippen LogP contribution is 2.41. The van der Waals surface area contributed by atoms with Gasteiger partial charge in [-0.1, -0.05) is 36.7 Å². The molecular formula is C24H21ClF3NO3. The number of carbonyl (C=O) groups is 2. The molecule has 8 heteroatoms. The van der Waals surface area contributed by atoms with Gasteiger partial charge in [0.25, 0.3) is 0 Å². The summed E-state index contributed by atoms with van der Waals surface area (Å²) < 4.78 is 45.7. The van der Waals surface area contributed by atoms with Crippen molar-refractivity contribution in [2.75, 3.05) is 11.5 Å². The number of ether oxygens (including phenoxy) is 1. The fourth-order valence-electron chi connectivity index (χ4n) is 4.25. The van der Waals surface area contributed by atoms with Gasteiger partial charge < -0.3 is 4.74 Å². The average Bonchev–Trinajstić information content (AvgIpc) is 2.74. The molecule has 32 heavy (non-hydrogen) atoms. The lowest BCUT2D eigenvalue weighted by Gasteiger charge is -2.49. The van der Waals surface area contributed by atoms with Crippen LogP contribution >= 0.6 is 11.6 Å². The van der Waals surface area contributed by atoms with Gasteiger partial charge in [-0.25, -0.2) is 0 Å². The van der Waals surface area contributed by atoms with E-state index in [1.165, 1.54) is 17.0 Å². The third-order valence-corrected chi connectivity index (χ3v) is 6.30. The normalized spacial score (nSPS) is 26.1. The zero-order chi connectivity index (χ0) is 23.1. The predicted molar refractivity (Wildman–Crippen MR) is 114 cm³/mol. The first kappa shape index (κ1) is 22.6. The predicted octanol–water partition coefficient (Wildman–Crippen LogP) is 5.44. The van der Waals surface area contributed by atoms with Gasteiger partial charge in [0.2, 0.25) is 5.91 Å². The number of alkyl halides is 3. The molecule has 1 saturated heterocycles. The van der Waals surface area contributed by atoms with Gasteiger partial charge in [0, 0.05) is 23.0 Å². The van der Waals surface area contributed by atoms with E-state index in [9.17, 15) is 22.8 Å². The number of amides is 1. The first-order chi connectivity index (χ1) is 15.1. The van der Waals surface area contributed by atoms with E-state index in [-0.39, 0.29) is 41.2 Å². The van der Waals surface area contributed by atoms with E-state index in [0.29, 0.717) is 12.1 Å². The van der Waals surface area contributed by atoms with Gasteiger partial charge in [0.1, 0.15) is 0 Å². The van der Waals surface area contributed by atoms with Crippen LogP contribution in [-0.2, 0) is 26.9 Å². The Balaban J connectivity index is 1.69. The quantitative estimate of drug-likeness (QED) is 0.608.